The molecule has 3 rings (SSSR count). The first kappa shape index (κ1) is 20.1. The van der Waals surface area contributed by atoms with Gasteiger partial charge in [0.1, 0.15) is 5.82 Å². The first-order valence-electron chi connectivity index (χ1n) is 9.26. The molecule has 6 heteroatoms. The lowest BCUT2D eigenvalue weighted by atomic mass is 9.95. The molecule has 1 fully saturated rings. The van der Waals surface area contributed by atoms with Crippen LogP contribution in [-0.4, -0.2) is 29.8 Å². The zero-order valence-corrected chi connectivity index (χ0v) is 16.2. The van der Waals surface area contributed by atoms with Crippen molar-refractivity contribution in [1.29, 1.82) is 0 Å². The van der Waals surface area contributed by atoms with Crippen molar-refractivity contribution in [2.75, 3.05) is 13.1 Å². The van der Waals surface area contributed by atoms with Gasteiger partial charge in [0.2, 0.25) is 11.8 Å². The maximum Gasteiger partial charge on any atom is 0.246 e. The molecule has 0 atom stereocenters. The number of carbonyl (C=O) groups is 2. The van der Waals surface area contributed by atoms with Gasteiger partial charge in [-0.15, -0.1) is 0 Å². The smallest absolute Gasteiger partial charge is 0.246 e. The topological polar surface area (TPSA) is 49.4 Å². The highest BCUT2D eigenvalue weighted by atomic mass is 35.5. The van der Waals surface area contributed by atoms with E-state index in [1.54, 1.807) is 17.0 Å². The van der Waals surface area contributed by atoms with Crippen molar-refractivity contribution in [3.63, 3.8) is 0 Å². The largest absolute Gasteiger partial charge is 0.352 e. The Balaban J connectivity index is 1.46. The number of piperidine rings is 1. The number of rotatable bonds is 5. The summed E-state index contributed by atoms with van der Waals surface area (Å²) in [6, 6.07) is 14.1. The quantitative estimate of drug-likeness (QED) is 0.770. The number of nitrogens with zero attached hydrogens (tertiary/aromatic N) is 1. The minimum atomic E-state index is -0.488. The van der Waals surface area contributed by atoms with Crippen LogP contribution in [0.25, 0.3) is 6.08 Å². The predicted octanol–water partition coefficient (Wildman–Crippen LogP) is 4.05. The van der Waals surface area contributed by atoms with E-state index in [-0.39, 0.29) is 22.8 Å². The number of halogens is 2. The van der Waals surface area contributed by atoms with Crippen LogP contribution in [0.1, 0.15) is 24.0 Å². The molecule has 146 valence electrons. The lowest BCUT2D eigenvalue weighted by molar-refractivity contribution is -0.132. The molecular weight excluding hydrogens is 379 g/mol. The van der Waals surface area contributed by atoms with Crippen molar-refractivity contribution in [2.24, 2.45) is 5.92 Å². The number of amides is 2. The Morgan fingerprint density at radius 1 is 1.14 bits per heavy atom. The Morgan fingerprint density at radius 3 is 2.54 bits per heavy atom. The summed E-state index contributed by atoms with van der Waals surface area (Å²) in [7, 11) is 0. The summed E-state index contributed by atoms with van der Waals surface area (Å²) in [5.74, 6) is -0.651. The highest BCUT2D eigenvalue weighted by molar-refractivity contribution is 6.30. The molecule has 0 saturated carbocycles. The predicted molar refractivity (Wildman–Crippen MR) is 108 cm³/mol. The van der Waals surface area contributed by atoms with E-state index >= 15 is 0 Å². The molecule has 1 aliphatic rings. The molecule has 1 saturated heterocycles. The molecule has 0 aliphatic carbocycles. The van der Waals surface area contributed by atoms with E-state index in [1.807, 2.05) is 30.3 Å². The van der Waals surface area contributed by atoms with E-state index in [9.17, 15) is 14.0 Å². The van der Waals surface area contributed by atoms with Crippen LogP contribution in [0.5, 0.6) is 0 Å². The van der Waals surface area contributed by atoms with E-state index in [0.29, 0.717) is 38.0 Å². The third kappa shape index (κ3) is 5.42. The lowest BCUT2D eigenvalue weighted by Crippen LogP contribution is -2.42. The van der Waals surface area contributed by atoms with Crippen LogP contribution in [0.15, 0.2) is 54.6 Å². The molecule has 1 N–H and O–H groups in total. The molecule has 0 spiro atoms. The number of benzene rings is 2. The maximum atomic E-state index is 13.2. The fourth-order valence-corrected chi connectivity index (χ4v) is 3.37. The van der Waals surface area contributed by atoms with E-state index in [1.165, 1.54) is 18.2 Å². The van der Waals surface area contributed by atoms with Crippen molar-refractivity contribution < 1.29 is 14.0 Å². The molecule has 0 bridgehead atoms. The maximum absolute atomic E-state index is 13.2. The minimum Gasteiger partial charge on any atom is -0.352 e. The summed E-state index contributed by atoms with van der Waals surface area (Å²) in [4.78, 5) is 26.4. The van der Waals surface area contributed by atoms with E-state index in [0.717, 1.165) is 5.56 Å². The normalized spacial score (nSPS) is 15.0. The Bertz CT molecular complexity index is 862. The Morgan fingerprint density at radius 2 is 1.86 bits per heavy atom. The first-order chi connectivity index (χ1) is 13.5. The molecule has 2 amide bonds. The van der Waals surface area contributed by atoms with Gasteiger partial charge in [0.25, 0.3) is 0 Å². The summed E-state index contributed by atoms with van der Waals surface area (Å²) in [6.07, 6.45) is 4.36. The molecule has 1 heterocycles. The molecular formula is C22H22ClFN2O2. The number of hydrogen-bond acceptors (Lipinski definition) is 2. The second kappa shape index (κ2) is 9.51. The van der Waals surface area contributed by atoms with Crippen molar-refractivity contribution in [2.45, 2.75) is 19.4 Å². The minimum absolute atomic E-state index is 0.0249. The van der Waals surface area contributed by atoms with Gasteiger partial charge in [-0.3, -0.25) is 9.59 Å². The van der Waals surface area contributed by atoms with Crippen LogP contribution in [0.2, 0.25) is 5.02 Å². The Labute approximate surface area is 169 Å². The van der Waals surface area contributed by atoms with Crippen molar-refractivity contribution in [3.8, 4) is 0 Å². The fraction of sp³-hybridized carbons (Fsp3) is 0.273. The van der Waals surface area contributed by atoms with E-state index < -0.39 is 5.82 Å². The van der Waals surface area contributed by atoms with Crippen molar-refractivity contribution in [1.82, 2.24) is 10.2 Å². The van der Waals surface area contributed by atoms with Crippen LogP contribution in [0, 0.1) is 11.7 Å². The summed E-state index contributed by atoms with van der Waals surface area (Å²) in [6.45, 7) is 1.59. The third-order valence-electron chi connectivity index (χ3n) is 4.85. The van der Waals surface area contributed by atoms with Crippen molar-refractivity contribution >= 4 is 29.5 Å². The molecule has 0 aromatic heterocycles. The Kier molecular flexibility index (Phi) is 6.82. The van der Waals surface area contributed by atoms with Crippen LogP contribution >= 0.6 is 11.6 Å². The van der Waals surface area contributed by atoms with E-state index in [2.05, 4.69) is 5.32 Å². The molecule has 2 aromatic carbocycles. The van der Waals surface area contributed by atoms with Crippen LogP contribution in [0.4, 0.5) is 4.39 Å². The molecule has 0 unspecified atom stereocenters. The molecule has 0 radical (unpaired) electrons. The average Bonchev–Trinajstić information content (AvgIpc) is 2.73. The van der Waals surface area contributed by atoms with Gasteiger partial charge in [-0.2, -0.15) is 0 Å². The van der Waals surface area contributed by atoms with E-state index in [4.69, 9.17) is 11.6 Å². The van der Waals surface area contributed by atoms with Crippen LogP contribution in [0.3, 0.4) is 0 Å². The summed E-state index contributed by atoms with van der Waals surface area (Å²) < 4.78 is 13.2. The molecule has 4 nitrogen and oxygen atoms in total. The van der Waals surface area contributed by atoms with Gasteiger partial charge < -0.3 is 10.2 Å². The Hall–Kier alpha value is -2.66. The van der Waals surface area contributed by atoms with Gasteiger partial charge in [0, 0.05) is 31.6 Å². The summed E-state index contributed by atoms with van der Waals surface area (Å²) in [5.41, 5.74) is 1.73. The summed E-state index contributed by atoms with van der Waals surface area (Å²) in [5, 5.41) is 2.99. The van der Waals surface area contributed by atoms with Gasteiger partial charge >= 0.3 is 0 Å². The second-order valence-corrected chi connectivity index (χ2v) is 7.22. The molecule has 2 aromatic rings. The van der Waals surface area contributed by atoms with Gasteiger partial charge in [0.15, 0.2) is 0 Å². The number of likely N-dealkylation sites (tertiary alicyclic amines) is 1. The number of nitrogens with one attached hydrogen (secondary N) is 1. The third-order valence-corrected chi connectivity index (χ3v) is 5.14. The van der Waals surface area contributed by atoms with Gasteiger partial charge in [-0.1, -0.05) is 48.0 Å². The highest BCUT2D eigenvalue weighted by Crippen LogP contribution is 2.19. The second-order valence-electron chi connectivity index (χ2n) is 6.81. The van der Waals surface area contributed by atoms with Crippen molar-refractivity contribution in [3.05, 3.63) is 76.6 Å². The summed E-state index contributed by atoms with van der Waals surface area (Å²) >= 11 is 5.75. The zero-order chi connectivity index (χ0) is 19.9. The van der Waals surface area contributed by atoms with Gasteiger partial charge in [-0.05, 0) is 42.2 Å². The fourth-order valence-electron chi connectivity index (χ4n) is 3.18. The van der Waals surface area contributed by atoms with Crippen LogP contribution < -0.4 is 5.32 Å². The number of hydrogen-bond donors (Lipinski definition) is 1. The highest BCUT2D eigenvalue weighted by Gasteiger charge is 2.26. The molecule has 28 heavy (non-hydrogen) atoms. The monoisotopic (exact) mass is 400 g/mol. The zero-order valence-electron chi connectivity index (χ0n) is 15.4. The average molecular weight is 401 g/mol. The van der Waals surface area contributed by atoms with Crippen LogP contribution in [-0.2, 0) is 16.1 Å². The molecule has 1 aliphatic heterocycles. The standard InChI is InChI=1S/C22H22ClFN2O2/c23-19-14-16(6-8-20(19)24)7-9-21(27)26-12-10-18(11-13-26)22(28)25-15-17-4-2-1-3-5-17/h1-9,14,18H,10-13,15H2,(H,25,28). The van der Waals surface area contributed by atoms with Gasteiger partial charge in [0.05, 0.1) is 5.02 Å². The van der Waals surface area contributed by atoms with Gasteiger partial charge in [-0.25, -0.2) is 4.39 Å². The SMILES string of the molecule is O=C(NCc1ccccc1)C1CCN(C(=O)C=Cc2ccc(F)c(Cl)c2)CC1. The number of carbonyl (C=O) groups excluding carboxylic acids is 2. The lowest BCUT2D eigenvalue weighted by Gasteiger charge is -2.30. The first-order valence-corrected chi connectivity index (χ1v) is 9.64.